The van der Waals surface area contributed by atoms with Gasteiger partial charge in [0.1, 0.15) is 34.7 Å². The highest BCUT2D eigenvalue weighted by Gasteiger charge is 2.37. The highest BCUT2D eigenvalue weighted by atomic mass is 19.2. The Balaban J connectivity index is 2.10. The van der Waals surface area contributed by atoms with E-state index in [4.69, 9.17) is 29.3 Å². The van der Waals surface area contributed by atoms with E-state index < -0.39 is 113 Å². The van der Waals surface area contributed by atoms with Crippen molar-refractivity contribution in [1.82, 2.24) is 0 Å². The molecular weight excluding hydrogens is 530 g/mol. The van der Waals surface area contributed by atoms with Crippen molar-refractivity contribution < 1.29 is 68.8 Å². The van der Waals surface area contributed by atoms with E-state index in [-0.39, 0.29) is 18.2 Å². The number of hydrogen-bond donors (Lipinski definition) is 3. The standard InChI is InChI=1S/C21H12BF9O6/c23-10-1-13(19(29)16(26)7(10)4-32)35-22(36-14-2-11(24)8(5-33)17(27)20(14)30)37-15-3-12(25)9(6-34)18(28)21(15)31/h1-3,32-34H,4-6H2. The zero-order valence-electron chi connectivity index (χ0n) is 17.9. The van der Waals surface area contributed by atoms with Crippen LogP contribution < -0.4 is 14.0 Å². The molecule has 0 aliphatic carbocycles. The molecule has 0 aliphatic rings. The summed E-state index contributed by atoms with van der Waals surface area (Å²) < 4.78 is 141. The minimum absolute atomic E-state index is 0.127. The van der Waals surface area contributed by atoms with Crippen molar-refractivity contribution in [2.75, 3.05) is 0 Å². The first-order valence-corrected chi connectivity index (χ1v) is 9.76. The number of aliphatic hydroxyl groups excluding tert-OH is 3. The van der Waals surface area contributed by atoms with Crippen LogP contribution in [0.3, 0.4) is 0 Å². The summed E-state index contributed by atoms with van der Waals surface area (Å²) in [7, 11) is -2.84. The van der Waals surface area contributed by atoms with Gasteiger partial charge in [0.25, 0.3) is 0 Å². The third-order valence-corrected chi connectivity index (χ3v) is 4.80. The van der Waals surface area contributed by atoms with Gasteiger partial charge in [-0.2, -0.15) is 13.2 Å². The molecule has 3 N–H and O–H groups in total. The third-order valence-electron chi connectivity index (χ3n) is 4.80. The number of halogens is 9. The van der Waals surface area contributed by atoms with E-state index in [9.17, 15) is 39.5 Å². The van der Waals surface area contributed by atoms with Crippen molar-refractivity contribution in [1.29, 1.82) is 0 Å². The van der Waals surface area contributed by atoms with Crippen LogP contribution >= 0.6 is 0 Å². The van der Waals surface area contributed by atoms with E-state index in [1.807, 2.05) is 0 Å². The monoisotopic (exact) mass is 542 g/mol. The molecule has 0 radical (unpaired) electrons. The molecule has 0 unspecified atom stereocenters. The molecule has 0 saturated heterocycles. The Morgan fingerprint density at radius 3 is 0.919 bits per heavy atom. The molecule has 6 nitrogen and oxygen atoms in total. The highest BCUT2D eigenvalue weighted by Crippen LogP contribution is 2.31. The second kappa shape index (κ2) is 11.2. The molecule has 0 fully saturated rings. The molecule has 0 saturated carbocycles. The Morgan fingerprint density at radius 1 is 0.459 bits per heavy atom. The molecule has 3 aromatic rings. The van der Waals surface area contributed by atoms with Crippen LogP contribution in [0, 0.1) is 52.4 Å². The van der Waals surface area contributed by atoms with Gasteiger partial charge in [-0.15, -0.1) is 0 Å². The molecule has 0 bridgehead atoms. The molecular formula is C21H12BF9O6. The summed E-state index contributed by atoms with van der Waals surface area (Å²) >= 11 is 0. The first-order valence-electron chi connectivity index (χ1n) is 9.76. The van der Waals surface area contributed by atoms with E-state index in [1.54, 1.807) is 0 Å². The average Bonchev–Trinajstić information content (AvgIpc) is 2.84. The SMILES string of the molecule is OCc1c(F)cc(OB(Oc2cc(F)c(CO)c(F)c2F)Oc2cc(F)c(CO)c(F)c2F)c(F)c1F. The van der Waals surface area contributed by atoms with Crippen molar-refractivity contribution in [2.24, 2.45) is 0 Å². The fourth-order valence-corrected chi connectivity index (χ4v) is 2.91. The van der Waals surface area contributed by atoms with Gasteiger partial charge >= 0.3 is 7.32 Å². The Morgan fingerprint density at radius 2 is 0.703 bits per heavy atom. The van der Waals surface area contributed by atoms with Crippen molar-refractivity contribution in [3.8, 4) is 17.2 Å². The summed E-state index contributed by atoms with van der Waals surface area (Å²) in [4.78, 5) is 0. The predicted molar refractivity (Wildman–Crippen MR) is 104 cm³/mol. The molecule has 198 valence electrons. The normalized spacial score (nSPS) is 11.0. The molecule has 0 spiro atoms. The first-order chi connectivity index (χ1) is 17.4. The van der Waals surface area contributed by atoms with E-state index in [1.165, 1.54) is 0 Å². The Hall–Kier alpha value is -3.63. The van der Waals surface area contributed by atoms with Gasteiger partial charge in [-0.05, 0) is 0 Å². The fraction of sp³-hybridized carbons (Fsp3) is 0.143. The smallest absolute Gasteiger partial charge is 0.487 e. The minimum atomic E-state index is -2.84. The lowest BCUT2D eigenvalue weighted by Crippen LogP contribution is -2.38. The first kappa shape index (κ1) is 28.0. The third kappa shape index (κ3) is 5.40. The maximum Gasteiger partial charge on any atom is 0.864 e. The van der Waals surface area contributed by atoms with Crippen molar-refractivity contribution in [3.05, 3.63) is 87.2 Å². The quantitative estimate of drug-likeness (QED) is 0.216. The number of rotatable bonds is 9. The van der Waals surface area contributed by atoms with Gasteiger partial charge in [-0.25, -0.2) is 26.3 Å². The molecule has 3 rings (SSSR count). The van der Waals surface area contributed by atoms with E-state index in [2.05, 4.69) is 0 Å². The van der Waals surface area contributed by atoms with Gasteiger partial charge in [0.05, 0.1) is 36.5 Å². The van der Waals surface area contributed by atoms with Crippen LogP contribution in [0.4, 0.5) is 39.5 Å². The number of aliphatic hydroxyl groups is 3. The average molecular weight is 542 g/mol. The predicted octanol–water partition coefficient (Wildman–Crippen LogP) is 3.94. The van der Waals surface area contributed by atoms with E-state index >= 15 is 0 Å². The molecule has 0 aromatic heterocycles. The second-order valence-corrected chi connectivity index (χ2v) is 7.01. The largest absolute Gasteiger partial charge is 0.864 e. The molecule has 0 atom stereocenters. The number of hydrogen-bond acceptors (Lipinski definition) is 6. The number of benzene rings is 3. The van der Waals surface area contributed by atoms with Gasteiger partial charge in [0.2, 0.25) is 0 Å². The van der Waals surface area contributed by atoms with E-state index in [0.29, 0.717) is 0 Å². The molecule has 0 amide bonds. The Kier molecular flexibility index (Phi) is 8.45. The van der Waals surface area contributed by atoms with Crippen molar-refractivity contribution in [3.63, 3.8) is 0 Å². The van der Waals surface area contributed by atoms with Gasteiger partial charge in [-0.1, -0.05) is 0 Å². The lowest BCUT2D eigenvalue weighted by atomic mass is 10.1. The lowest BCUT2D eigenvalue weighted by Gasteiger charge is -2.19. The summed E-state index contributed by atoms with van der Waals surface area (Å²) in [5.41, 5.74) is -3.44. The molecule has 0 heterocycles. The highest BCUT2D eigenvalue weighted by molar-refractivity contribution is 6.39. The fourth-order valence-electron chi connectivity index (χ4n) is 2.91. The zero-order valence-corrected chi connectivity index (χ0v) is 17.9. The topological polar surface area (TPSA) is 88.4 Å². The van der Waals surface area contributed by atoms with Crippen molar-refractivity contribution in [2.45, 2.75) is 19.8 Å². The van der Waals surface area contributed by atoms with Gasteiger partial charge in [0.15, 0.2) is 34.9 Å². The van der Waals surface area contributed by atoms with Crippen LogP contribution in [-0.2, 0) is 19.8 Å². The molecule has 0 aliphatic heterocycles. The zero-order chi connectivity index (χ0) is 27.6. The molecule has 37 heavy (non-hydrogen) atoms. The summed E-state index contributed by atoms with van der Waals surface area (Å²) in [6.07, 6.45) is 0. The summed E-state index contributed by atoms with van der Waals surface area (Å²) in [6.45, 7) is -3.90. The van der Waals surface area contributed by atoms with Gasteiger partial charge in [-0.3, -0.25) is 0 Å². The molecule has 16 heteroatoms. The van der Waals surface area contributed by atoms with Crippen LogP contribution in [0.2, 0.25) is 0 Å². The maximum absolute atomic E-state index is 14.3. The van der Waals surface area contributed by atoms with Crippen LogP contribution in [0.1, 0.15) is 16.7 Å². The Bertz CT molecular complexity index is 1180. The summed E-state index contributed by atoms with van der Waals surface area (Å²) in [5, 5.41) is 26.8. The van der Waals surface area contributed by atoms with Crippen LogP contribution in [0.15, 0.2) is 18.2 Å². The maximum atomic E-state index is 14.3. The lowest BCUT2D eigenvalue weighted by molar-refractivity contribution is 0.255. The van der Waals surface area contributed by atoms with Crippen LogP contribution in [-0.4, -0.2) is 22.6 Å². The van der Waals surface area contributed by atoms with Gasteiger partial charge in [0, 0.05) is 18.2 Å². The summed E-state index contributed by atoms with van der Waals surface area (Å²) in [5.74, 6) is -20.9. The van der Waals surface area contributed by atoms with E-state index in [0.717, 1.165) is 0 Å². The minimum Gasteiger partial charge on any atom is -0.487 e. The van der Waals surface area contributed by atoms with Crippen LogP contribution in [0.5, 0.6) is 17.2 Å². The van der Waals surface area contributed by atoms with Crippen molar-refractivity contribution >= 4 is 7.32 Å². The molecule has 3 aromatic carbocycles. The Labute approximate surface area is 201 Å². The van der Waals surface area contributed by atoms with Crippen LogP contribution in [0.25, 0.3) is 0 Å². The second-order valence-electron chi connectivity index (χ2n) is 7.01. The van der Waals surface area contributed by atoms with Gasteiger partial charge < -0.3 is 29.3 Å². The summed E-state index contributed by atoms with van der Waals surface area (Å²) in [6, 6.07) is 0.382.